The number of alkyl halides is 6. The average Bonchev–Trinajstić information content (AvgIpc) is 2.52. The van der Waals surface area contributed by atoms with Crippen LogP contribution in [-0.2, 0) is 20.2 Å². The summed E-state index contributed by atoms with van der Waals surface area (Å²) in [5, 5.41) is -13.8. The Balaban J connectivity index is 3.50. The van der Waals surface area contributed by atoms with E-state index < -0.39 is 53.5 Å². The topological polar surface area (TPSA) is 132 Å². The minimum Gasteiger partial charge on any atom is -0.378 e. The Morgan fingerprint density at radius 2 is 1.22 bits per heavy atom. The molecule has 27 heavy (non-hydrogen) atoms. The van der Waals surface area contributed by atoms with Crippen LogP contribution in [0.2, 0.25) is 0 Å². The van der Waals surface area contributed by atoms with Gasteiger partial charge in [-0.25, -0.2) is 0 Å². The first-order valence-electron chi connectivity index (χ1n) is 6.04. The summed E-state index contributed by atoms with van der Waals surface area (Å²) in [6.07, 6.45) is -0.0442. The Kier molecular flexibility index (Phi) is 5.71. The van der Waals surface area contributed by atoms with Crippen molar-refractivity contribution in [1.82, 2.24) is 0 Å². The standard InChI is InChI=1S/C11H6F6O8S2/c12-9(13,10(14,15)26(20,21)22)11(16,17)27(23,24)25-8-2-6(4-18)1-7(3-8)5-19/h1-5H,(H,20,21,22). The van der Waals surface area contributed by atoms with Gasteiger partial charge in [0.05, 0.1) is 0 Å². The van der Waals surface area contributed by atoms with Crippen LogP contribution in [0.5, 0.6) is 5.75 Å². The van der Waals surface area contributed by atoms with Crippen LogP contribution in [0.3, 0.4) is 0 Å². The highest BCUT2D eigenvalue weighted by molar-refractivity contribution is 7.88. The molecule has 0 bridgehead atoms. The van der Waals surface area contributed by atoms with Gasteiger partial charge in [0, 0.05) is 11.1 Å². The molecule has 0 aliphatic rings. The van der Waals surface area contributed by atoms with E-state index in [9.17, 15) is 52.8 Å². The summed E-state index contributed by atoms with van der Waals surface area (Å²) in [6.45, 7) is 0. The van der Waals surface area contributed by atoms with Crippen molar-refractivity contribution < 1.29 is 61.5 Å². The van der Waals surface area contributed by atoms with E-state index >= 15 is 0 Å². The van der Waals surface area contributed by atoms with Gasteiger partial charge < -0.3 is 4.18 Å². The monoisotopic (exact) mass is 444 g/mol. The zero-order chi connectivity index (χ0) is 21.5. The Hall–Kier alpha value is -2.20. The van der Waals surface area contributed by atoms with Gasteiger partial charge in [-0.1, -0.05) is 0 Å². The molecule has 0 saturated heterocycles. The van der Waals surface area contributed by atoms with Crippen LogP contribution < -0.4 is 4.18 Å². The van der Waals surface area contributed by atoms with Crippen LogP contribution in [0, 0.1) is 0 Å². The van der Waals surface area contributed by atoms with E-state index in [1.54, 1.807) is 0 Å². The molecule has 0 fully saturated rings. The number of carbonyl (C=O) groups is 2. The molecule has 0 amide bonds. The molecule has 0 radical (unpaired) electrons. The quantitative estimate of drug-likeness (QED) is 0.278. The first kappa shape index (κ1) is 22.8. The highest BCUT2D eigenvalue weighted by Gasteiger charge is 2.83. The summed E-state index contributed by atoms with van der Waals surface area (Å²) in [5.74, 6) is -8.49. The normalized spacial score (nSPS) is 13.9. The molecule has 0 spiro atoms. The van der Waals surface area contributed by atoms with Crippen molar-refractivity contribution in [3.8, 4) is 5.75 Å². The molecule has 1 aromatic carbocycles. The molecule has 1 aromatic rings. The molecule has 0 aromatic heterocycles. The maximum atomic E-state index is 13.6. The van der Waals surface area contributed by atoms with Crippen LogP contribution >= 0.6 is 0 Å². The molecule has 0 saturated carbocycles. The van der Waals surface area contributed by atoms with E-state index in [1.807, 2.05) is 0 Å². The molecule has 0 aliphatic heterocycles. The van der Waals surface area contributed by atoms with Crippen LogP contribution in [0.4, 0.5) is 26.3 Å². The van der Waals surface area contributed by atoms with Gasteiger partial charge in [0.15, 0.2) is 0 Å². The van der Waals surface area contributed by atoms with Crippen molar-refractivity contribution in [3.63, 3.8) is 0 Å². The van der Waals surface area contributed by atoms with Crippen LogP contribution in [0.1, 0.15) is 20.7 Å². The molecule has 0 aliphatic carbocycles. The minimum atomic E-state index is -7.18. The van der Waals surface area contributed by atoms with E-state index in [0.717, 1.165) is 6.07 Å². The largest absolute Gasteiger partial charge is 0.450 e. The highest BCUT2D eigenvalue weighted by Crippen LogP contribution is 2.50. The minimum absolute atomic E-state index is 0.0221. The summed E-state index contributed by atoms with van der Waals surface area (Å²) in [4.78, 5) is 21.2. The van der Waals surface area contributed by atoms with Gasteiger partial charge in [-0.05, 0) is 18.2 Å². The van der Waals surface area contributed by atoms with Crippen molar-refractivity contribution in [1.29, 1.82) is 0 Å². The van der Waals surface area contributed by atoms with E-state index in [-0.39, 0.29) is 12.6 Å². The lowest BCUT2D eigenvalue weighted by molar-refractivity contribution is -0.247. The van der Waals surface area contributed by atoms with E-state index in [4.69, 9.17) is 4.55 Å². The fourth-order valence-electron chi connectivity index (χ4n) is 1.50. The van der Waals surface area contributed by atoms with E-state index in [1.165, 1.54) is 0 Å². The third-order valence-corrected chi connectivity index (χ3v) is 5.00. The molecular weight excluding hydrogens is 438 g/mol. The maximum Gasteiger partial charge on any atom is 0.450 e. The van der Waals surface area contributed by atoms with Gasteiger partial charge in [0.25, 0.3) is 0 Å². The molecule has 1 N–H and O–H groups in total. The first-order chi connectivity index (χ1) is 11.9. The summed E-state index contributed by atoms with van der Waals surface area (Å²) < 4.78 is 135. The third kappa shape index (κ3) is 3.77. The number of hydrogen-bond donors (Lipinski definition) is 1. The third-order valence-electron chi connectivity index (χ3n) is 2.80. The molecular formula is C11H6F6O8S2. The van der Waals surface area contributed by atoms with Crippen LogP contribution in [0.15, 0.2) is 18.2 Å². The Labute approximate surface area is 146 Å². The second-order valence-corrected chi connectivity index (χ2v) is 7.74. The summed E-state index contributed by atoms with van der Waals surface area (Å²) in [6, 6.07) is 1.57. The lowest BCUT2D eigenvalue weighted by Gasteiger charge is -2.29. The summed E-state index contributed by atoms with van der Waals surface area (Å²) in [7, 11) is -14.2. The van der Waals surface area contributed by atoms with Gasteiger partial charge in [0.2, 0.25) is 0 Å². The van der Waals surface area contributed by atoms with Crippen molar-refractivity contribution in [2.24, 2.45) is 0 Å². The van der Waals surface area contributed by atoms with Crippen LogP contribution in [0.25, 0.3) is 0 Å². The fraction of sp³-hybridized carbons (Fsp3) is 0.273. The van der Waals surface area contributed by atoms with Crippen LogP contribution in [-0.4, -0.2) is 50.4 Å². The van der Waals surface area contributed by atoms with Gasteiger partial charge >= 0.3 is 36.7 Å². The zero-order valence-corrected chi connectivity index (χ0v) is 13.9. The fourth-order valence-corrected chi connectivity index (χ4v) is 2.91. The lowest BCUT2D eigenvalue weighted by atomic mass is 10.1. The number of carbonyl (C=O) groups excluding carboxylic acids is 2. The van der Waals surface area contributed by atoms with E-state index in [2.05, 4.69) is 4.18 Å². The summed E-state index contributed by atoms with van der Waals surface area (Å²) >= 11 is 0. The van der Waals surface area contributed by atoms with Gasteiger partial charge in [-0.3, -0.25) is 14.1 Å². The zero-order valence-electron chi connectivity index (χ0n) is 12.3. The van der Waals surface area contributed by atoms with Gasteiger partial charge in [-0.2, -0.15) is 43.2 Å². The number of halogens is 6. The number of rotatable bonds is 8. The summed E-state index contributed by atoms with van der Waals surface area (Å²) in [5.41, 5.74) is -1.08. The second kappa shape index (κ2) is 6.75. The first-order valence-corrected chi connectivity index (χ1v) is 8.89. The maximum absolute atomic E-state index is 13.6. The molecule has 0 unspecified atom stereocenters. The molecule has 0 atom stereocenters. The molecule has 0 heterocycles. The Morgan fingerprint density at radius 3 is 1.56 bits per heavy atom. The molecule has 1 rings (SSSR count). The van der Waals surface area contributed by atoms with Crippen molar-refractivity contribution in [2.45, 2.75) is 16.4 Å². The van der Waals surface area contributed by atoms with Crippen molar-refractivity contribution >= 4 is 32.8 Å². The number of benzene rings is 1. The second-order valence-electron chi connectivity index (χ2n) is 4.69. The highest BCUT2D eigenvalue weighted by atomic mass is 32.2. The number of hydrogen-bond acceptors (Lipinski definition) is 7. The van der Waals surface area contributed by atoms with Gasteiger partial charge in [0.1, 0.15) is 18.3 Å². The lowest BCUT2D eigenvalue weighted by Crippen LogP contribution is -2.61. The smallest absolute Gasteiger partial charge is 0.378 e. The Morgan fingerprint density at radius 1 is 0.815 bits per heavy atom. The molecule has 8 nitrogen and oxygen atoms in total. The van der Waals surface area contributed by atoms with E-state index in [0.29, 0.717) is 12.1 Å². The molecule has 16 heteroatoms. The predicted molar refractivity (Wildman–Crippen MR) is 73.2 cm³/mol. The molecule has 152 valence electrons. The van der Waals surface area contributed by atoms with Crippen molar-refractivity contribution in [3.05, 3.63) is 29.3 Å². The predicted octanol–water partition coefficient (Wildman–Crippen LogP) is 1.73. The average molecular weight is 444 g/mol. The van der Waals surface area contributed by atoms with Gasteiger partial charge in [-0.15, -0.1) is 0 Å². The SMILES string of the molecule is O=Cc1cc(C=O)cc(OS(=O)(=O)C(F)(F)C(F)(F)C(F)(F)S(=O)(=O)O)c1. The Bertz CT molecular complexity index is 944. The van der Waals surface area contributed by atoms with Crippen molar-refractivity contribution in [2.75, 3.05) is 0 Å². The number of aldehydes is 2.